The lowest BCUT2D eigenvalue weighted by Gasteiger charge is -2.23. The zero-order valence-corrected chi connectivity index (χ0v) is 14.5. The van der Waals surface area contributed by atoms with Gasteiger partial charge in [-0.15, -0.1) is 0 Å². The van der Waals surface area contributed by atoms with Crippen molar-refractivity contribution in [1.82, 2.24) is 14.5 Å². The standard InChI is InChI=1S/C19H23N5O/c1-23-14-21-10-18(23)11-24-6-5-19(13-24)8-17(12-25-19)22-16-4-2-3-15(7-16)9-20/h2-4,7,10,14,17,22H,5-6,8,11-13H2,1H3/t17-,19-/m0/s1. The average molecular weight is 337 g/mol. The van der Waals surface area contributed by atoms with E-state index < -0.39 is 0 Å². The number of aryl methyl sites for hydroxylation is 1. The lowest BCUT2D eigenvalue weighted by atomic mass is 9.97. The van der Waals surface area contributed by atoms with Crippen molar-refractivity contribution in [3.63, 3.8) is 0 Å². The maximum Gasteiger partial charge on any atom is 0.0992 e. The second-order valence-electron chi connectivity index (χ2n) is 7.19. The fourth-order valence-corrected chi connectivity index (χ4v) is 3.96. The predicted molar refractivity (Wildman–Crippen MR) is 95.0 cm³/mol. The molecule has 6 nitrogen and oxygen atoms in total. The third-order valence-corrected chi connectivity index (χ3v) is 5.27. The molecule has 0 bridgehead atoms. The summed E-state index contributed by atoms with van der Waals surface area (Å²) in [5.41, 5.74) is 2.87. The van der Waals surface area contributed by atoms with Gasteiger partial charge in [0.25, 0.3) is 0 Å². The molecule has 2 aliphatic heterocycles. The summed E-state index contributed by atoms with van der Waals surface area (Å²) in [7, 11) is 2.04. The van der Waals surface area contributed by atoms with Gasteiger partial charge in [-0.2, -0.15) is 5.26 Å². The van der Waals surface area contributed by atoms with Crippen LogP contribution < -0.4 is 5.32 Å². The summed E-state index contributed by atoms with van der Waals surface area (Å²) in [5, 5.41) is 12.6. The molecule has 1 aromatic carbocycles. The van der Waals surface area contributed by atoms with E-state index in [2.05, 4.69) is 25.8 Å². The van der Waals surface area contributed by atoms with Crippen LogP contribution in [0.1, 0.15) is 24.1 Å². The van der Waals surface area contributed by atoms with Crippen molar-refractivity contribution in [2.45, 2.75) is 31.0 Å². The molecule has 1 spiro atoms. The smallest absolute Gasteiger partial charge is 0.0992 e. The Morgan fingerprint density at radius 2 is 2.40 bits per heavy atom. The Bertz CT molecular complexity index is 795. The molecule has 2 aromatic rings. The highest BCUT2D eigenvalue weighted by Gasteiger charge is 2.45. The summed E-state index contributed by atoms with van der Waals surface area (Å²) in [6.45, 7) is 3.66. The van der Waals surface area contributed by atoms with Crippen molar-refractivity contribution < 1.29 is 4.74 Å². The van der Waals surface area contributed by atoms with Gasteiger partial charge >= 0.3 is 0 Å². The molecule has 6 heteroatoms. The molecule has 1 aromatic heterocycles. The van der Waals surface area contributed by atoms with E-state index in [-0.39, 0.29) is 5.60 Å². The lowest BCUT2D eigenvalue weighted by Crippen LogP contribution is -2.33. The van der Waals surface area contributed by atoms with E-state index >= 15 is 0 Å². The van der Waals surface area contributed by atoms with Crippen LogP contribution in [0.25, 0.3) is 0 Å². The van der Waals surface area contributed by atoms with Gasteiger partial charge in [-0.25, -0.2) is 4.98 Å². The maximum atomic E-state index is 9.03. The van der Waals surface area contributed by atoms with Crippen molar-refractivity contribution in [3.05, 3.63) is 48.0 Å². The second kappa shape index (κ2) is 6.51. The zero-order chi connectivity index (χ0) is 17.3. The molecule has 2 atom stereocenters. The van der Waals surface area contributed by atoms with Gasteiger partial charge < -0.3 is 14.6 Å². The monoisotopic (exact) mass is 337 g/mol. The van der Waals surface area contributed by atoms with E-state index in [1.165, 1.54) is 5.69 Å². The van der Waals surface area contributed by atoms with Crippen molar-refractivity contribution in [1.29, 1.82) is 5.26 Å². The minimum Gasteiger partial charge on any atom is -0.380 e. The van der Waals surface area contributed by atoms with Crippen LogP contribution in [0.15, 0.2) is 36.8 Å². The number of imidazole rings is 1. The topological polar surface area (TPSA) is 66.1 Å². The van der Waals surface area contributed by atoms with E-state index in [1.54, 1.807) is 0 Å². The first-order valence-electron chi connectivity index (χ1n) is 8.74. The van der Waals surface area contributed by atoms with Crippen LogP contribution in [0, 0.1) is 11.3 Å². The number of nitriles is 1. The van der Waals surface area contributed by atoms with Crippen LogP contribution in [-0.2, 0) is 18.3 Å². The predicted octanol–water partition coefficient (Wildman–Crippen LogP) is 2.14. The molecule has 2 fully saturated rings. The minimum absolute atomic E-state index is 0.0386. The van der Waals surface area contributed by atoms with Crippen molar-refractivity contribution in [2.24, 2.45) is 7.05 Å². The highest BCUT2D eigenvalue weighted by molar-refractivity contribution is 5.50. The Hall–Kier alpha value is -2.36. The van der Waals surface area contributed by atoms with E-state index in [0.717, 1.165) is 44.8 Å². The van der Waals surface area contributed by atoms with Crippen molar-refractivity contribution in [3.8, 4) is 6.07 Å². The molecule has 1 N–H and O–H groups in total. The molecular formula is C19H23N5O. The average Bonchev–Trinajstić information content (AvgIpc) is 3.31. The number of aromatic nitrogens is 2. The summed E-state index contributed by atoms with van der Waals surface area (Å²) in [4.78, 5) is 6.65. The van der Waals surface area contributed by atoms with Gasteiger partial charge in [0.2, 0.25) is 0 Å². The fraction of sp³-hybridized carbons (Fsp3) is 0.474. The van der Waals surface area contributed by atoms with Gasteiger partial charge in [-0.1, -0.05) is 6.07 Å². The van der Waals surface area contributed by atoms with Crippen LogP contribution in [0.5, 0.6) is 0 Å². The third-order valence-electron chi connectivity index (χ3n) is 5.27. The highest BCUT2D eigenvalue weighted by Crippen LogP contribution is 2.36. The van der Waals surface area contributed by atoms with Crippen molar-refractivity contribution in [2.75, 3.05) is 25.0 Å². The number of hydrogen-bond donors (Lipinski definition) is 1. The molecule has 0 saturated carbocycles. The number of rotatable bonds is 4. The van der Waals surface area contributed by atoms with Gasteiger partial charge in [0.05, 0.1) is 41.9 Å². The van der Waals surface area contributed by atoms with Gasteiger partial charge in [-0.3, -0.25) is 4.90 Å². The molecule has 2 saturated heterocycles. The molecule has 0 unspecified atom stereocenters. The molecule has 3 heterocycles. The van der Waals surface area contributed by atoms with Crippen LogP contribution in [0.3, 0.4) is 0 Å². The Morgan fingerprint density at radius 1 is 1.48 bits per heavy atom. The lowest BCUT2D eigenvalue weighted by molar-refractivity contribution is 0.0118. The zero-order valence-electron chi connectivity index (χ0n) is 14.5. The first-order valence-corrected chi connectivity index (χ1v) is 8.74. The molecule has 130 valence electrons. The third kappa shape index (κ3) is 3.39. The molecule has 0 radical (unpaired) electrons. The number of benzene rings is 1. The summed E-state index contributed by atoms with van der Waals surface area (Å²) in [6.07, 6.45) is 5.86. The van der Waals surface area contributed by atoms with Crippen molar-refractivity contribution >= 4 is 5.69 Å². The first kappa shape index (κ1) is 16.1. The SMILES string of the molecule is Cn1cncc1CN1CC[C@]2(C[C@H](Nc3cccc(C#N)c3)CO2)C1. The molecule has 2 aliphatic rings. The Morgan fingerprint density at radius 3 is 3.20 bits per heavy atom. The van der Waals surface area contributed by atoms with Gasteiger partial charge in [0.15, 0.2) is 0 Å². The molecule has 25 heavy (non-hydrogen) atoms. The number of ether oxygens (including phenoxy) is 1. The van der Waals surface area contributed by atoms with Crippen LogP contribution >= 0.6 is 0 Å². The van der Waals surface area contributed by atoms with Gasteiger partial charge in [0.1, 0.15) is 0 Å². The van der Waals surface area contributed by atoms with Gasteiger partial charge in [0, 0.05) is 45.0 Å². The Labute approximate surface area is 148 Å². The first-order chi connectivity index (χ1) is 12.2. The number of likely N-dealkylation sites (tertiary alicyclic amines) is 1. The quantitative estimate of drug-likeness (QED) is 0.926. The number of nitrogens with zero attached hydrogens (tertiary/aromatic N) is 4. The molecular weight excluding hydrogens is 314 g/mol. The van der Waals surface area contributed by atoms with Crippen LogP contribution in [-0.4, -0.2) is 45.8 Å². The van der Waals surface area contributed by atoms with Gasteiger partial charge in [-0.05, 0) is 24.6 Å². The summed E-state index contributed by atoms with van der Waals surface area (Å²) >= 11 is 0. The fourth-order valence-electron chi connectivity index (χ4n) is 3.96. The summed E-state index contributed by atoms with van der Waals surface area (Å²) < 4.78 is 8.31. The maximum absolute atomic E-state index is 9.03. The van der Waals surface area contributed by atoms with Crippen LogP contribution in [0.4, 0.5) is 5.69 Å². The molecule has 0 aliphatic carbocycles. The number of hydrogen-bond acceptors (Lipinski definition) is 5. The van der Waals surface area contributed by atoms with E-state index in [9.17, 15) is 0 Å². The Balaban J connectivity index is 1.36. The second-order valence-corrected chi connectivity index (χ2v) is 7.19. The Kier molecular flexibility index (Phi) is 4.20. The molecule has 0 amide bonds. The normalized spacial score (nSPS) is 26.2. The summed E-state index contributed by atoms with van der Waals surface area (Å²) in [5.74, 6) is 0. The van der Waals surface area contributed by atoms with E-state index in [0.29, 0.717) is 11.6 Å². The minimum atomic E-state index is -0.0386. The highest BCUT2D eigenvalue weighted by atomic mass is 16.5. The number of anilines is 1. The molecule has 4 rings (SSSR count). The largest absolute Gasteiger partial charge is 0.380 e. The number of nitrogens with one attached hydrogen (secondary N) is 1. The summed E-state index contributed by atoms with van der Waals surface area (Å²) in [6, 6.07) is 10.1. The van der Waals surface area contributed by atoms with E-state index in [4.69, 9.17) is 10.00 Å². The van der Waals surface area contributed by atoms with E-state index in [1.807, 2.05) is 43.8 Å². The van der Waals surface area contributed by atoms with Crippen LogP contribution in [0.2, 0.25) is 0 Å².